The highest BCUT2D eigenvalue weighted by Crippen LogP contribution is 2.30. The fraction of sp³-hybridized carbons (Fsp3) is 0.688. The molecule has 0 aromatic heterocycles. The van der Waals surface area contributed by atoms with E-state index in [1.807, 2.05) is 19.1 Å². The third kappa shape index (κ3) is 22.2. The molecule has 62 heavy (non-hydrogen) atoms. The first-order valence-corrected chi connectivity index (χ1v) is 22.8. The standard InChI is InChI=1S/C48H79NO13/c1-3-5-7-9-11-13-14-15-16-17-18-19-20-21-22-24-26-28-30-32-40(53)49-36(37(52)31-29-27-25-23-12-10-8-6-4-2)35-59-47-45(58)43(56)46(39(34-51)61-47)62-48-44(57)42(55)41(54)38(33-50)60-48/h4-7,11-13,15-16,18-19,23,29,31,36-39,41-48,50-52,54-58H,3,8-10,14,17,20-22,24-28,30,32-35H2,1-2H3,(H,49,53)/b6-4+,7-5-,13-11-,16-15-,19-18-,23-12+,31-29+. The maximum Gasteiger partial charge on any atom is 0.220 e. The second kappa shape index (κ2) is 34.6. The van der Waals surface area contributed by atoms with Gasteiger partial charge in [0.15, 0.2) is 12.6 Å². The number of ether oxygens (including phenoxy) is 4. The molecule has 1 amide bonds. The van der Waals surface area contributed by atoms with Gasteiger partial charge in [-0.15, -0.1) is 0 Å². The Kier molecular flexibility index (Phi) is 30.8. The van der Waals surface area contributed by atoms with E-state index in [0.717, 1.165) is 83.5 Å². The topological polar surface area (TPSA) is 228 Å². The van der Waals surface area contributed by atoms with Gasteiger partial charge >= 0.3 is 0 Å². The fourth-order valence-electron chi connectivity index (χ4n) is 6.91. The van der Waals surface area contributed by atoms with Gasteiger partial charge in [0.1, 0.15) is 48.8 Å². The summed E-state index contributed by atoms with van der Waals surface area (Å²) in [5.74, 6) is -0.277. The van der Waals surface area contributed by atoms with Gasteiger partial charge in [0.25, 0.3) is 0 Å². The van der Waals surface area contributed by atoms with Crippen LogP contribution in [0.15, 0.2) is 85.1 Å². The van der Waals surface area contributed by atoms with Crippen molar-refractivity contribution in [3.8, 4) is 0 Å². The van der Waals surface area contributed by atoms with Crippen molar-refractivity contribution in [2.24, 2.45) is 0 Å². The molecule has 354 valence electrons. The van der Waals surface area contributed by atoms with Crippen molar-refractivity contribution in [2.75, 3.05) is 19.8 Å². The molecule has 12 unspecified atom stereocenters. The Balaban J connectivity index is 1.86. The maximum absolute atomic E-state index is 13.1. The predicted molar refractivity (Wildman–Crippen MR) is 239 cm³/mol. The highest BCUT2D eigenvalue weighted by molar-refractivity contribution is 5.76. The summed E-state index contributed by atoms with van der Waals surface area (Å²) in [6, 6.07) is -0.947. The van der Waals surface area contributed by atoms with Gasteiger partial charge in [0.05, 0.1) is 32.0 Å². The van der Waals surface area contributed by atoms with Crippen LogP contribution in [0.5, 0.6) is 0 Å². The van der Waals surface area contributed by atoms with Gasteiger partial charge in [-0.1, -0.05) is 118 Å². The van der Waals surface area contributed by atoms with Crippen molar-refractivity contribution in [3.05, 3.63) is 85.1 Å². The molecule has 0 saturated carbocycles. The van der Waals surface area contributed by atoms with Crippen LogP contribution in [0.2, 0.25) is 0 Å². The molecule has 0 radical (unpaired) electrons. The number of carbonyl (C=O) groups excluding carboxylic acids is 1. The van der Waals surface area contributed by atoms with Crippen molar-refractivity contribution >= 4 is 5.91 Å². The second-order valence-electron chi connectivity index (χ2n) is 15.8. The van der Waals surface area contributed by atoms with Crippen LogP contribution in [-0.2, 0) is 23.7 Å². The predicted octanol–water partition coefficient (Wildman–Crippen LogP) is 4.65. The van der Waals surface area contributed by atoms with Crippen molar-refractivity contribution in [3.63, 3.8) is 0 Å². The lowest BCUT2D eigenvalue weighted by Crippen LogP contribution is -2.65. The summed E-state index contributed by atoms with van der Waals surface area (Å²) in [6.45, 7) is 2.35. The Morgan fingerprint density at radius 2 is 1.15 bits per heavy atom. The lowest BCUT2D eigenvalue weighted by Gasteiger charge is -2.46. The number of allylic oxidation sites excluding steroid dienone is 13. The SMILES string of the molecule is C/C=C/CC/C=C/CC/C=C/C(O)C(COC1OC(CO)C(OC2OC(CO)C(O)C(O)C2O)C(O)C1O)NC(=O)CCCCCCCC/C=C\C/C=C\C/C=C\C/C=C\CC. The Morgan fingerprint density at radius 3 is 1.77 bits per heavy atom. The van der Waals surface area contributed by atoms with E-state index in [-0.39, 0.29) is 18.9 Å². The zero-order valence-corrected chi connectivity index (χ0v) is 37.1. The third-order valence-electron chi connectivity index (χ3n) is 10.6. The van der Waals surface area contributed by atoms with Crippen molar-refractivity contribution in [1.29, 1.82) is 0 Å². The number of amides is 1. The molecule has 2 aliphatic rings. The summed E-state index contributed by atoms with van der Waals surface area (Å²) in [5, 5.41) is 86.3. The molecule has 0 aliphatic carbocycles. The molecule has 12 atom stereocenters. The Hall–Kier alpha value is -2.83. The van der Waals surface area contributed by atoms with Gasteiger partial charge in [-0.25, -0.2) is 0 Å². The highest BCUT2D eigenvalue weighted by Gasteiger charge is 2.50. The Labute approximate surface area is 370 Å². The monoisotopic (exact) mass is 878 g/mol. The molecule has 14 heteroatoms. The molecule has 2 saturated heterocycles. The van der Waals surface area contributed by atoms with Crippen LogP contribution in [0, 0.1) is 0 Å². The fourth-order valence-corrected chi connectivity index (χ4v) is 6.91. The zero-order chi connectivity index (χ0) is 45.4. The summed E-state index contributed by atoms with van der Waals surface area (Å²) in [6.07, 6.45) is 26.6. The number of aliphatic hydroxyl groups is 8. The highest BCUT2D eigenvalue weighted by atomic mass is 16.7. The van der Waals surface area contributed by atoms with Gasteiger partial charge in [-0.2, -0.15) is 0 Å². The molecule has 2 rings (SSSR count). The number of carbonyl (C=O) groups is 1. The van der Waals surface area contributed by atoms with Crippen LogP contribution in [0.25, 0.3) is 0 Å². The van der Waals surface area contributed by atoms with Crippen molar-refractivity contribution in [2.45, 2.75) is 190 Å². The Morgan fingerprint density at radius 1 is 0.613 bits per heavy atom. The molecule has 0 aromatic carbocycles. The molecule has 2 heterocycles. The first-order valence-electron chi connectivity index (χ1n) is 22.8. The summed E-state index contributed by atoms with van der Waals surface area (Å²) in [5.41, 5.74) is 0. The molecule has 0 bridgehead atoms. The van der Waals surface area contributed by atoms with Gasteiger partial charge in [-0.3, -0.25) is 4.79 Å². The molecule has 9 N–H and O–H groups in total. The minimum atomic E-state index is -1.80. The lowest BCUT2D eigenvalue weighted by atomic mass is 9.97. The average molecular weight is 878 g/mol. The van der Waals surface area contributed by atoms with Gasteiger partial charge in [0.2, 0.25) is 5.91 Å². The van der Waals surface area contributed by atoms with Gasteiger partial charge in [-0.05, 0) is 77.6 Å². The maximum atomic E-state index is 13.1. The average Bonchev–Trinajstić information content (AvgIpc) is 3.27. The molecular weight excluding hydrogens is 799 g/mol. The van der Waals surface area contributed by atoms with E-state index in [1.165, 1.54) is 0 Å². The molecule has 14 nitrogen and oxygen atoms in total. The van der Waals surface area contributed by atoms with E-state index >= 15 is 0 Å². The minimum Gasteiger partial charge on any atom is -0.394 e. The van der Waals surface area contributed by atoms with E-state index in [0.29, 0.717) is 12.8 Å². The Bertz CT molecular complexity index is 1360. The number of hydrogen-bond donors (Lipinski definition) is 9. The quantitative estimate of drug-likeness (QED) is 0.0332. The van der Waals surface area contributed by atoms with E-state index in [2.05, 4.69) is 79.1 Å². The molecule has 0 spiro atoms. The van der Waals surface area contributed by atoms with Crippen LogP contribution in [-0.4, -0.2) is 140 Å². The van der Waals surface area contributed by atoms with Crippen LogP contribution >= 0.6 is 0 Å². The number of rotatable bonds is 32. The van der Waals surface area contributed by atoms with Crippen LogP contribution < -0.4 is 5.32 Å². The van der Waals surface area contributed by atoms with E-state index in [4.69, 9.17) is 18.9 Å². The summed E-state index contributed by atoms with van der Waals surface area (Å²) < 4.78 is 22.6. The van der Waals surface area contributed by atoms with Crippen molar-refractivity contribution < 1.29 is 64.6 Å². The first kappa shape index (κ1) is 55.3. The zero-order valence-electron chi connectivity index (χ0n) is 37.1. The smallest absolute Gasteiger partial charge is 0.220 e. The number of nitrogens with one attached hydrogen (secondary N) is 1. The van der Waals surface area contributed by atoms with E-state index < -0.39 is 86.8 Å². The largest absolute Gasteiger partial charge is 0.394 e. The second-order valence-corrected chi connectivity index (χ2v) is 15.8. The van der Waals surface area contributed by atoms with Crippen LogP contribution in [0.3, 0.4) is 0 Å². The molecular formula is C48H79NO13. The van der Waals surface area contributed by atoms with Gasteiger partial charge < -0.3 is 65.1 Å². The van der Waals surface area contributed by atoms with E-state index in [9.17, 15) is 45.6 Å². The minimum absolute atomic E-state index is 0.248. The number of hydrogen-bond acceptors (Lipinski definition) is 13. The number of aliphatic hydroxyl groups excluding tert-OH is 8. The normalized spacial score (nSPS) is 28.5. The lowest BCUT2D eigenvalue weighted by molar-refractivity contribution is -0.359. The third-order valence-corrected chi connectivity index (χ3v) is 10.6. The molecule has 2 aliphatic heterocycles. The summed E-state index contributed by atoms with van der Waals surface area (Å²) in [4.78, 5) is 13.1. The summed E-state index contributed by atoms with van der Waals surface area (Å²) >= 11 is 0. The summed E-state index contributed by atoms with van der Waals surface area (Å²) in [7, 11) is 0. The van der Waals surface area contributed by atoms with Crippen LogP contribution in [0.4, 0.5) is 0 Å². The van der Waals surface area contributed by atoms with Crippen molar-refractivity contribution in [1.82, 2.24) is 5.32 Å². The first-order chi connectivity index (χ1) is 30.1. The molecule has 2 fully saturated rings. The van der Waals surface area contributed by atoms with Crippen LogP contribution in [0.1, 0.15) is 117 Å². The number of unbranched alkanes of at least 4 members (excludes halogenated alkanes) is 8. The van der Waals surface area contributed by atoms with E-state index in [1.54, 1.807) is 6.08 Å². The van der Waals surface area contributed by atoms with Gasteiger partial charge in [0, 0.05) is 6.42 Å². The molecule has 0 aromatic rings.